The summed E-state index contributed by atoms with van der Waals surface area (Å²) < 4.78 is 8.31. The number of nitrogens with zero attached hydrogens (tertiary/aromatic N) is 2. The molecule has 4 rings (SSSR count). The van der Waals surface area contributed by atoms with Gasteiger partial charge in [0.1, 0.15) is 17.3 Å². The lowest BCUT2D eigenvalue weighted by atomic mass is 10.0. The fourth-order valence-corrected chi connectivity index (χ4v) is 3.24. The van der Waals surface area contributed by atoms with E-state index in [1.165, 1.54) is 37.1 Å². The molecule has 1 fully saturated rings. The molecule has 2 aliphatic rings. The quantitative estimate of drug-likeness (QED) is 0.918. The summed E-state index contributed by atoms with van der Waals surface area (Å²) in [6, 6.07) is 4.93. The van der Waals surface area contributed by atoms with Crippen LogP contribution >= 0.6 is 0 Å². The molecule has 0 spiro atoms. The van der Waals surface area contributed by atoms with Crippen LogP contribution in [-0.4, -0.2) is 15.6 Å². The predicted molar refractivity (Wildman–Crippen MR) is 81.3 cm³/mol. The van der Waals surface area contributed by atoms with Crippen molar-refractivity contribution in [2.75, 3.05) is 0 Å². The van der Waals surface area contributed by atoms with Crippen molar-refractivity contribution in [2.45, 2.75) is 64.6 Å². The highest BCUT2D eigenvalue weighted by molar-refractivity contribution is 5.21. The monoisotopic (exact) mass is 285 g/mol. The molecule has 0 aliphatic heterocycles. The molecule has 0 bridgehead atoms. The maximum atomic E-state index is 5.97. The van der Waals surface area contributed by atoms with Gasteiger partial charge in [-0.15, -0.1) is 0 Å². The summed E-state index contributed by atoms with van der Waals surface area (Å²) in [4.78, 5) is 4.73. The standard InChI is InChI=1S/C17H23N3O/c1-12-19-16-4-2-3-5-17(16)20(12)11-15-9-8-14(21-15)10-18-13-6-7-13/h8-9,13,18H,2-7,10-11H2,1H3. The van der Waals surface area contributed by atoms with Crippen LogP contribution in [0.5, 0.6) is 0 Å². The van der Waals surface area contributed by atoms with Crippen LogP contribution < -0.4 is 5.32 Å². The van der Waals surface area contributed by atoms with Gasteiger partial charge in [0.2, 0.25) is 0 Å². The van der Waals surface area contributed by atoms with Crippen molar-refractivity contribution >= 4 is 0 Å². The van der Waals surface area contributed by atoms with E-state index in [-0.39, 0.29) is 0 Å². The summed E-state index contributed by atoms with van der Waals surface area (Å²) >= 11 is 0. The summed E-state index contributed by atoms with van der Waals surface area (Å²) in [6.45, 7) is 3.78. The molecule has 2 heterocycles. The van der Waals surface area contributed by atoms with Crippen LogP contribution in [0.1, 0.15) is 54.4 Å². The molecule has 0 amide bonds. The highest BCUT2D eigenvalue weighted by atomic mass is 16.3. The van der Waals surface area contributed by atoms with Gasteiger partial charge in [0.05, 0.1) is 18.8 Å². The number of nitrogens with one attached hydrogen (secondary N) is 1. The molecule has 0 saturated heterocycles. The molecule has 2 aromatic rings. The van der Waals surface area contributed by atoms with Gasteiger partial charge in [-0.3, -0.25) is 0 Å². The van der Waals surface area contributed by atoms with Gasteiger partial charge in [0.25, 0.3) is 0 Å². The van der Waals surface area contributed by atoms with Crippen LogP contribution in [0.15, 0.2) is 16.5 Å². The third-order valence-electron chi connectivity index (χ3n) is 4.60. The number of imidazole rings is 1. The van der Waals surface area contributed by atoms with Crippen molar-refractivity contribution < 1.29 is 4.42 Å². The molecule has 0 aromatic carbocycles. The summed E-state index contributed by atoms with van der Waals surface area (Å²) in [5.41, 5.74) is 2.73. The Morgan fingerprint density at radius 2 is 2.05 bits per heavy atom. The molecule has 1 saturated carbocycles. The van der Waals surface area contributed by atoms with E-state index in [2.05, 4.69) is 28.9 Å². The average Bonchev–Trinajstić information content (AvgIpc) is 3.13. The number of furan rings is 1. The van der Waals surface area contributed by atoms with Gasteiger partial charge in [-0.1, -0.05) is 0 Å². The number of hydrogen-bond donors (Lipinski definition) is 1. The zero-order valence-corrected chi connectivity index (χ0v) is 12.7. The summed E-state index contributed by atoms with van der Waals surface area (Å²) in [5, 5.41) is 3.49. The molecule has 112 valence electrons. The Morgan fingerprint density at radius 1 is 1.24 bits per heavy atom. The first-order chi connectivity index (χ1) is 10.3. The minimum atomic E-state index is 0.724. The van der Waals surface area contributed by atoms with Gasteiger partial charge in [-0.2, -0.15) is 0 Å². The number of aryl methyl sites for hydroxylation is 2. The lowest BCUT2D eigenvalue weighted by Gasteiger charge is -2.13. The van der Waals surface area contributed by atoms with Gasteiger partial charge in [-0.25, -0.2) is 4.98 Å². The molecule has 0 unspecified atom stereocenters. The maximum absolute atomic E-state index is 5.97. The fourth-order valence-electron chi connectivity index (χ4n) is 3.24. The van der Waals surface area contributed by atoms with E-state index >= 15 is 0 Å². The molecule has 4 heteroatoms. The fraction of sp³-hybridized carbons (Fsp3) is 0.588. The minimum absolute atomic E-state index is 0.724. The average molecular weight is 285 g/mol. The van der Waals surface area contributed by atoms with E-state index in [1.807, 2.05) is 0 Å². The van der Waals surface area contributed by atoms with E-state index in [9.17, 15) is 0 Å². The zero-order valence-electron chi connectivity index (χ0n) is 12.7. The molecule has 0 radical (unpaired) electrons. The van der Waals surface area contributed by atoms with E-state index in [1.54, 1.807) is 0 Å². The molecule has 0 atom stereocenters. The smallest absolute Gasteiger partial charge is 0.124 e. The van der Waals surface area contributed by atoms with Crippen LogP contribution in [0.3, 0.4) is 0 Å². The zero-order chi connectivity index (χ0) is 14.2. The Bertz CT molecular complexity index is 637. The summed E-state index contributed by atoms with van der Waals surface area (Å²) in [6.07, 6.45) is 7.49. The van der Waals surface area contributed by atoms with E-state index < -0.39 is 0 Å². The van der Waals surface area contributed by atoms with E-state index in [0.717, 1.165) is 49.3 Å². The Balaban J connectivity index is 1.49. The van der Waals surface area contributed by atoms with Gasteiger partial charge < -0.3 is 14.3 Å². The van der Waals surface area contributed by atoms with Gasteiger partial charge in [0.15, 0.2) is 0 Å². The molecule has 4 nitrogen and oxygen atoms in total. The van der Waals surface area contributed by atoms with Gasteiger partial charge >= 0.3 is 0 Å². The molecular weight excluding hydrogens is 262 g/mol. The van der Waals surface area contributed by atoms with Gasteiger partial charge in [0, 0.05) is 11.7 Å². The number of hydrogen-bond acceptors (Lipinski definition) is 3. The number of fused-ring (bicyclic) bond motifs is 1. The Kier molecular flexibility index (Phi) is 3.34. The van der Waals surface area contributed by atoms with E-state index in [4.69, 9.17) is 9.40 Å². The lowest BCUT2D eigenvalue weighted by Crippen LogP contribution is -2.14. The minimum Gasteiger partial charge on any atom is -0.463 e. The van der Waals surface area contributed by atoms with Crippen molar-refractivity contribution in [3.63, 3.8) is 0 Å². The first-order valence-electron chi connectivity index (χ1n) is 8.15. The normalized spacial score (nSPS) is 18.0. The highest BCUT2D eigenvalue weighted by Gasteiger charge is 2.21. The van der Waals surface area contributed by atoms with Crippen molar-refractivity contribution in [3.05, 3.63) is 40.9 Å². The number of rotatable bonds is 5. The molecule has 2 aromatic heterocycles. The Labute approximate surface area is 125 Å². The first-order valence-corrected chi connectivity index (χ1v) is 8.15. The second-order valence-electron chi connectivity index (χ2n) is 6.37. The van der Waals surface area contributed by atoms with Crippen LogP contribution in [0.4, 0.5) is 0 Å². The second kappa shape index (κ2) is 5.34. The Hall–Kier alpha value is -1.55. The number of aromatic nitrogens is 2. The SMILES string of the molecule is Cc1nc2c(n1Cc1ccc(CNC3CC3)o1)CCCC2. The highest BCUT2D eigenvalue weighted by Crippen LogP contribution is 2.24. The van der Waals surface area contributed by atoms with Crippen molar-refractivity contribution in [1.82, 2.24) is 14.9 Å². The van der Waals surface area contributed by atoms with Crippen molar-refractivity contribution in [1.29, 1.82) is 0 Å². The van der Waals surface area contributed by atoms with Crippen molar-refractivity contribution in [2.24, 2.45) is 0 Å². The topological polar surface area (TPSA) is 43.0 Å². The lowest BCUT2D eigenvalue weighted by molar-refractivity contribution is 0.432. The summed E-state index contributed by atoms with van der Waals surface area (Å²) in [7, 11) is 0. The Morgan fingerprint density at radius 3 is 2.90 bits per heavy atom. The molecule has 1 N–H and O–H groups in total. The third kappa shape index (κ3) is 2.77. The molecular formula is C17H23N3O. The van der Waals surface area contributed by atoms with Crippen molar-refractivity contribution in [3.8, 4) is 0 Å². The predicted octanol–water partition coefficient (Wildman–Crippen LogP) is 2.96. The van der Waals surface area contributed by atoms with Crippen LogP contribution in [-0.2, 0) is 25.9 Å². The van der Waals surface area contributed by atoms with E-state index in [0.29, 0.717) is 0 Å². The maximum Gasteiger partial charge on any atom is 0.124 e. The third-order valence-corrected chi connectivity index (χ3v) is 4.60. The second-order valence-corrected chi connectivity index (χ2v) is 6.37. The molecule has 21 heavy (non-hydrogen) atoms. The summed E-state index contributed by atoms with van der Waals surface area (Å²) in [5.74, 6) is 3.20. The van der Waals surface area contributed by atoms with Crippen LogP contribution in [0.2, 0.25) is 0 Å². The molecule has 2 aliphatic carbocycles. The largest absolute Gasteiger partial charge is 0.463 e. The first kappa shape index (κ1) is 13.1. The van der Waals surface area contributed by atoms with Crippen LogP contribution in [0.25, 0.3) is 0 Å². The van der Waals surface area contributed by atoms with Crippen LogP contribution in [0, 0.1) is 6.92 Å². The van der Waals surface area contributed by atoms with Gasteiger partial charge in [-0.05, 0) is 57.6 Å².